The van der Waals surface area contributed by atoms with Crippen LogP contribution in [-0.4, -0.2) is 59.1 Å². The van der Waals surface area contributed by atoms with Crippen LogP contribution in [0.4, 0.5) is 0 Å². The van der Waals surface area contributed by atoms with E-state index in [1.165, 1.54) is 11.8 Å². The number of carbonyl (C=O) groups excluding carboxylic acids is 1. The van der Waals surface area contributed by atoms with E-state index >= 15 is 0 Å². The van der Waals surface area contributed by atoms with Crippen LogP contribution in [0.15, 0.2) is 0 Å². The molecule has 18 heavy (non-hydrogen) atoms. The molecule has 0 bridgehead atoms. The fourth-order valence-electron chi connectivity index (χ4n) is 1.47. The Balaban J connectivity index is 3.98. The summed E-state index contributed by atoms with van der Waals surface area (Å²) in [5.41, 5.74) is 0. The first-order chi connectivity index (χ1) is 8.56. The van der Waals surface area contributed by atoms with E-state index in [9.17, 15) is 9.59 Å². The van der Waals surface area contributed by atoms with E-state index in [2.05, 4.69) is 5.32 Å². The summed E-state index contributed by atoms with van der Waals surface area (Å²) in [5.74, 6) is -0.0161. The van der Waals surface area contributed by atoms with E-state index in [-0.39, 0.29) is 5.91 Å². The highest BCUT2D eigenvalue weighted by Gasteiger charge is 2.17. The standard InChI is InChI=1S/C12H24N2O3S/c1-4-7-13-10(12(16)17)8-18-9-11(15)14(5-2)6-3/h10,13H,4-9H2,1-3H3,(H,16,17). The summed E-state index contributed by atoms with van der Waals surface area (Å²) in [5, 5.41) is 11.9. The highest BCUT2D eigenvalue weighted by Crippen LogP contribution is 2.06. The Kier molecular flexibility index (Phi) is 9.77. The van der Waals surface area contributed by atoms with Gasteiger partial charge in [0, 0.05) is 18.8 Å². The van der Waals surface area contributed by atoms with E-state index in [0.717, 1.165) is 6.42 Å². The summed E-state index contributed by atoms with van der Waals surface area (Å²) in [6.07, 6.45) is 0.896. The Hall–Kier alpha value is -0.750. The van der Waals surface area contributed by atoms with Crippen LogP contribution in [0, 0.1) is 0 Å². The zero-order valence-corrected chi connectivity index (χ0v) is 12.3. The predicted octanol–water partition coefficient (Wildman–Crippen LogP) is 1.04. The lowest BCUT2D eigenvalue weighted by Crippen LogP contribution is -2.40. The molecule has 0 heterocycles. The highest BCUT2D eigenvalue weighted by molar-refractivity contribution is 8.00. The van der Waals surface area contributed by atoms with Crippen molar-refractivity contribution >= 4 is 23.6 Å². The van der Waals surface area contributed by atoms with Crippen molar-refractivity contribution in [3.8, 4) is 0 Å². The number of carbonyl (C=O) groups is 2. The number of aliphatic carboxylic acids is 1. The molecule has 0 spiro atoms. The maximum atomic E-state index is 11.7. The minimum absolute atomic E-state index is 0.0737. The van der Waals surface area contributed by atoms with Gasteiger partial charge in [-0.1, -0.05) is 6.92 Å². The number of hydrogen-bond acceptors (Lipinski definition) is 4. The van der Waals surface area contributed by atoms with Gasteiger partial charge in [0.25, 0.3) is 0 Å². The number of hydrogen-bond donors (Lipinski definition) is 2. The number of amides is 1. The van der Waals surface area contributed by atoms with Gasteiger partial charge in [-0.05, 0) is 26.8 Å². The van der Waals surface area contributed by atoms with Gasteiger partial charge in [0.1, 0.15) is 6.04 Å². The van der Waals surface area contributed by atoms with Crippen LogP contribution in [-0.2, 0) is 9.59 Å². The SMILES string of the molecule is CCCNC(CSCC(=O)N(CC)CC)C(=O)O. The Morgan fingerprint density at radius 1 is 1.28 bits per heavy atom. The molecule has 0 aromatic heterocycles. The predicted molar refractivity (Wildman–Crippen MR) is 75.0 cm³/mol. The molecule has 0 aliphatic rings. The third kappa shape index (κ3) is 6.86. The zero-order chi connectivity index (χ0) is 14.0. The molecule has 6 heteroatoms. The number of rotatable bonds is 10. The average Bonchev–Trinajstić information content (AvgIpc) is 2.34. The summed E-state index contributed by atoms with van der Waals surface area (Å²) in [7, 11) is 0. The van der Waals surface area contributed by atoms with Crippen LogP contribution >= 0.6 is 11.8 Å². The van der Waals surface area contributed by atoms with Crippen molar-refractivity contribution in [2.45, 2.75) is 33.2 Å². The van der Waals surface area contributed by atoms with Gasteiger partial charge in [0.15, 0.2) is 0 Å². The van der Waals surface area contributed by atoms with E-state index in [4.69, 9.17) is 5.11 Å². The van der Waals surface area contributed by atoms with E-state index in [0.29, 0.717) is 31.1 Å². The Morgan fingerprint density at radius 3 is 2.33 bits per heavy atom. The molecule has 1 unspecified atom stereocenters. The van der Waals surface area contributed by atoms with Crippen molar-refractivity contribution in [2.24, 2.45) is 0 Å². The molecule has 0 rings (SSSR count). The molecule has 0 saturated carbocycles. The molecular formula is C12H24N2O3S. The maximum absolute atomic E-state index is 11.7. The lowest BCUT2D eigenvalue weighted by Gasteiger charge is -2.19. The largest absolute Gasteiger partial charge is 0.480 e. The van der Waals surface area contributed by atoms with E-state index < -0.39 is 12.0 Å². The first kappa shape index (κ1) is 17.2. The van der Waals surface area contributed by atoms with E-state index in [1.54, 1.807) is 4.90 Å². The number of thioether (sulfide) groups is 1. The van der Waals surface area contributed by atoms with Gasteiger partial charge in [-0.25, -0.2) is 0 Å². The molecule has 0 radical (unpaired) electrons. The summed E-state index contributed by atoms with van der Waals surface area (Å²) in [4.78, 5) is 24.4. The zero-order valence-electron chi connectivity index (χ0n) is 11.4. The normalized spacial score (nSPS) is 12.2. The van der Waals surface area contributed by atoms with Gasteiger partial charge >= 0.3 is 5.97 Å². The van der Waals surface area contributed by atoms with Gasteiger partial charge in [-0.3, -0.25) is 9.59 Å². The van der Waals surface area contributed by atoms with Crippen molar-refractivity contribution in [1.29, 1.82) is 0 Å². The fourth-order valence-corrected chi connectivity index (χ4v) is 2.44. The number of nitrogens with one attached hydrogen (secondary N) is 1. The van der Waals surface area contributed by atoms with E-state index in [1.807, 2.05) is 20.8 Å². The number of carboxylic acid groups (broad SMARTS) is 1. The van der Waals surface area contributed by atoms with Gasteiger partial charge in [0.05, 0.1) is 5.75 Å². The van der Waals surface area contributed by atoms with Crippen LogP contribution in [0.1, 0.15) is 27.2 Å². The Morgan fingerprint density at radius 2 is 1.89 bits per heavy atom. The van der Waals surface area contributed by atoms with Crippen molar-refractivity contribution in [3.05, 3.63) is 0 Å². The summed E-state index contributed by atoms with van der Waals surface area (Å²) >= 11 is 1.37. The van der Waals surface area contributed by atoms with Gasteiger partial charge in [0.2, 0.25) is 5.91 Å². The molecule has 0 aromatic rings. The lowest BCUT2D eigenvalue weighted by molar-refractivity contribution is -0.138. The smallest absolute Gasteiger partial charge is 0.321 e. The van der Waals surface area contributed by atoms with Crippen LogP contribution < -0.4 is 5.32 Å². The van der Waals surface area contributed by atoms with Crippen molar-refractivity contribution in [3.63, 3.8) is 0 Å². The Labute approximate surface area is 113 Å². The van der Waals surface area contributed by atoms with Crippen LogP contribution in [0.5, 0.6) is 0 Å². The molecule has 106 valence electrons. The molecule has 0 fully saturated rings. The first-order valence-electron chi connectivity index (χ1n) is 6.38. The monoisotopic (exact) mass is 276 g/mol. The number of carboxylic acids is 1. The number of nitrogens with zero attached hydrogens (tertiary/aromatic N) is 1. The Bertz CT molecular complexity index is 258. The average molecular weight is 276 g/mol. The summed E-state index contributed by atoms with van der Waals surface area (Å²) in [6, 6.07) is -0.570. The molecule has 0 aliphatic carbocycles. The van der Waals surface area contributed by atoms with Crippen molar-refractivity contribution in [2.75, 3.05) is 31.1 Å². The van der Waals surface area contributed by atoms with Gasteiger partial charge < -0.3 is 15.3 Å². The molecule has 1 amide bonds. The van der Waals surface area contributed by atoms with Gasteiger partial charge in [-0.2, -0.15) is 0 Å². The van der Waals surface area contributed by atoms with Crippen molar-refractivity contribution < 1.29 is 14.7 Å². The fraction of sp³-hybridized carbons (Fsp3) is 0.833. The molecule has 0 aliphatic heterocycles. The molecule has 0 aromatic carbocycles. The van der Waals surface area contributed by atoms with Gasteiger partial charge in [-0.15, -0.1) is 11.8 Å². The van der Waals surface area contributed by atoms with Crippen LogP contribution in [0.2, 0.25) is 0 Å². The third-order valence-electron chi connectivity index (χ3n) is 2.57. The topological polar surface area (TPSA) is 69.6 Å². The van der Waals surface area contributed by atoms with Crippen molar-refractivity contribution in [1.82, 2.24) is 10.2 Å². The van der Waals surface area contributed by atoms with Crippen LogP contribution in [0.3, 0.4) is 0 Å². The summed E-state index contributed by atoms with van der Waals surface area (Å²) in [6.45, 7) is 7.95. The molecular weight excluding hydrogens is 252 g/mol. The minimum atomic E-state index is -0.855. The quantitative estimate of drug-likeness (QED) is 0.624. The maximum Gasteiger partial charge on any atom is 0.321 e. The minimum Gasteiger partial charge on any atom is -0.480 e. The lowest BCUT2D eigenvalue weighted by atomic mass is 10.3. The first-order valence-corrected chi connectivity index (χ1v) is 7.53. The second-order valence-electron chi connectivity index (χ2n) is 3.93. The second kappa shape index (κ2) is 10.2. The highest BCUT2D eigenvalue weighted by atomic mass is 32.2. The molecule has 1 atom stereocenters. The third-order valence-corrected chi connectivity index (χ3v) is 3.59. The molecule has 0 saturated heterocycles. The summed E-state index contributed by atoms with van der Waals surface area (Å²) < 4.78 is 0. The second-order valence-corrected chi connectivity index (χ2v) is 4.96. The molecule has 2 N–H and O–H groups in total. The molecule has 5 nitrogen and oxygen atoms in total. The van der Waals surface area contributed by atoms with Crippen LogP contribution in [0.25, 0.3) is 0 Å².